The van der Waals surface area contributed by atoms with Gasteiger partial charge in [-0.25, -0.2) is 0 Å². The molecule has 0 radical (unpaired) electrons. The number of amides is 1. The Bertz CT molecular complexity index is 859. The summed E-state index contributed by atoms with van der Waals surface area (Å²) in [5.74, 6) is -0.0754. The molecular formula is C18H17N3O2. The van der Waals surface area contributed by atoms with Crippen molar-refractivity contribution in [2.24, 2.45) is 13.0 Å². The lowest BCUT2D eigenvalue weighted by Gasteiger charge is -2.09. The van der Waals surface area contributed by atoms with E-state index >= 15 is 0 Å². The second kappa shape index (κ2) is 5.73. The summed E-state index contributed by atoms with van der Waals surface area (Å²) >= 11 is 0. The van der Waals surface area contributed by atoms with Gasteiger partial charge in [0, 0.05) is 19.2 Å². The number of pyridine rings is 1. The summed E-state index contributed by atoms with van der Waals surface area (Å²) in [5, 5.41) is 11.6. The van der Waals surface area contributed by atoms with Gasteiger partial charge in [-0.05, 0) is 48.6 Å². The van der Waals surface area contributed by atoms with E-state index < -0.39 is 0 Å². The maximum atomic E-state index is 12.4. The van der Waals surface area contributed by atoms with Crippen molar-refractivity contribution in [1.82, 2.24) is 4.57 Å². The summed E-state index contributed by atoms with van der Waals surface area (Å²) in [6.07, 6.45) is 2.45. The van der Waals surface area contributed by atoms with Gasteiger partial charge in [-0.2, -0.15) is 5.26 Å². The number of nitrogens with one attached hydrogen (secondary N) is 1. The first-order valence-corrected chi connectivity index (χ1v) is 7.48. The normalized spacial score (nSPS) is 19.0. The highest BCUT2D eigenvalue weighted by atomic mass is 16.2. The van der Waals surface area contributed by atoms with Gasteiger partial charge in [0.1, 0.15) is 5.69 Å². The lowest BCUT2D eigenvalue weighted by atomic mass is 10.1. The minimum Gasteiger partial charge on any atom is -0.321 e. The first-order chi connectivity index (χ1) is 11.0. The summed E-state index contributed by atoms with van der Waals surface area (Å²) in [6, 6.07) is 11.2. The van der Waals surface area contributed by atoms with Crippen molar-refractivity contribution in [2.45, 2.75) is 19.3 Å². The molecule has 1 amide bonds. The van der Waals surface area contributed by atoms with E-state index in [2.05, 4.69) is 11.4 Å². The molecule has 1 aromatic carbocycles. The number of anilines is 1. The van der Waals surface area contributed by atoms with Crippen molar-refractivity contribution >= 4 is 11.6 Å². The average Bonchev–Trinajstić information content (AvgIpc) is 3.36. The van der Waals surface area contributed by atoms with Crippen LogP contribution in [0.4, 0.5) is 5.69 Å². The minimum atomic E-state index is -0.200. The molecule has 1 saturated carbocycles. The van der Waals surface area contributed by atoms with Gasteiger partial charge >= 0.3 is 0 Å². The summed E-state index contributed by atoms with van der Waals surface area (Å²) in [5.41, 5.74) is 2.58. The molecule has 5 nitrogen and oxygen atoms in total. The number of aryl methyl sites for hydroxylation is 2. The van der Waals surface area contributed by atoms with Gasteiger partial charge in [0.05, 0.1) is 11.6 Å². The second-order valence-corrected chi connectivity index (χ2v) is 5.96. The smallest absolute Gasteiger partial charge is 0.274 e. The Kier molecular flexibility index (Phi) is 3.75. The number of hydrogen-bond acceptors (Lipinski definition) is 3. The van der Waals surface area contributed by atoms with Crippen LogP contribution in [0.25, 0.3) is 0 Å². The van der Waals surface area contributed by atoms with Gasteiger partial charge in [0.2, 0.25) is 5.91 Å². The second-order valence-electron chi connectivity index (χ2n) is 5.96. The Morgan fingerprint density at radius 2 is 2.00 bits per heavy atom. The van der Waals surface area contributed by atoms with Crippen molar-refractivity contribution in [3.8, 4) is 6.07 Å². The van der Waals surface area contributed by atoms with Crippen LogP contribution in [0.15, 0.2) is 41.3 Å². The zero-order valence-corrected chi connectivity index (χ0v) is 13.0. The molecule has 116 valence electrons. The Morgan fingerprint density at radius 3 is 2.65 bits per heavy atom. The lowest BCUT2D eigenvalue weighted by molar-refractivity contribution is -0.117. The molecule has 2 unspecified atom stereocenters. The van der Waals surface area contributed by atoms with E-state index in [0.717, 1.165) is 17.5 Å². The average molecular weight is 307 g/mol. The molecule has 2 atom stereocenters. The zero-order valence-electron chi connectivity index (χ0n) is 13.0. The molecule has 2 aromatic rings. The summed E-state index contributed by atoms with van der Waals surface area (Å²) in [7, 11) is 1.66. The number of carbonyl (C=O) groups is 1. The molecule has 0 saturated heterocycles. The van der Waals surface area contributed by atoms with Crippen LogP contribution < -0.4 is 10.9 Å². The van der Waals surface area contributed by atoms with Crippen molar-refractivity contribution in [3.63, 3.8) is 0 Å². The Morgan fingerprint density at radius 1 is 1.30 bits per heavy atom. The molecule has 5 heteroatoms. The van der Waals surface area contributed by atoms with Crippen LogP contribution in [-0.2, 0) is 11.8 Å². The van der Waals surface area contributed by atoms with E-state index in [9.17, 15) is 9.59 Å². The van der Waals surface area contributed by atoms with Crippen LogP contribution in [-0.4, -0.2) is 10.5 Å². The molecule has 1 N–H and O–H groups in total. The molecule has 1 aliphatic carbocycles. The van der Waals surface area contributed by atoms with Crippen molar-refractivity contribution in [2.75, 3.05) is 5.32 Å². The fraction of sp³-hybridized carbons (Fsp3) is 0.278. The summed E-state index contributed by atoms with van der Waals surface area (Å²) in [6.45, 7) is 1.81. The third kappa shape index (κ3) is 2.88. The summed E-state index contributed by atoms with van der Waals surface area (Å²) in [4.78, 5) is 24.5. The molecular weight excluding hydrogens is 290 g/mol. The minimum absolute atomic E-state index is 0.118. The molecule has 0 aliphatic heterocycles. The van der Waals surface area contributed by atoms with Gasteiger partial charge < -0.3 is 9.88 Å². The van der Waals surface area contributed by atoms with E-state index in [1.807, 2.05) is 25.1 Å². The van der Waals surface area contributed by atoms with Crippen LogP contribution in [0.3, 0.4) is 0 Å². The molecule has 0 bridgehead atoms. The van der Waals surface area contributed by atoms with Gasteiger partial charge in [-0.3, -0.25) is 9.59 Å². The standard InChI is InChI=1S/C18H17N3O2/c1-11-7-8-21(2)18(23)16(11)20-17(22)15-9-14(15)13-5-3-12(10-19)4-6-13/h3-8,14-15H,9H2,1-2H3,(H,20,22). The lowest BCUT2D eigenvalue weighted by Crippen LogP contribution is -2.26. The number of rotatable bonds is 3. The van der Waals surface area contributed by atoms with Crippen molar-refractivity contribution < 1.29 is 4.79 Å². The molecule has 1 aromatic heterocycles. The molecule has 1 aliphatic rings. The third-order valence-corrected chi connectivity index (χ3v) is 4.32. The first-order valence-electron chi connectivity index (χ1n) is 7.48. The quantitative estimate of drug-likeness (QED) is 0.945. The highest BCUT2D eigenvalue weighted by Crippen LogP contribution is 2.47. The van der Waals surface area contributed by atoms with Crippen LogP contribution >= 0.6 is 0 Å². The predicted molar refractivity (Wildman–Crippen MR) is 87.1 cm³/mol. The molecule has 1 heterocycles. The van der Waals surface area contributed by atoms with E-state index in [-0.39, 0.29) is 23.3 Å². The Labute approximate surface area is 134 Å². The van der Waals surface area contributed by atoms with Crippen molar-refractivity contribution in [1.29, 1.82) is 5.26 Å². The monoisotopic (exact) mass is 307 g/mol. The number of benzene rings is 1. The fourth-order valence-corrected chi connectivity index (χ4v) is 2.75. The van der Waals surface area contributed by atoms with E-state index in [1.54, 1.807) is 25.4 Å². The number of aromatic nitrogens is 1. The van der Waals surface area contributed by atoms with E-state index in [4.69, 9.17) is 5.26 Å². The zero-order chi connectivity index (χ0) is 16.6. The van der Waals surface area contributed by atoms with Crippen LogP contribution in [0.1, 0.15) is 29.0 Å². The van der Waals surface area contributed by atoms with Crippen molar-refractivity contribution in [3.05, 3.63) is 63.6 Å². The maximum absolute atomic E-state index is 12.4. The van der Waals surface area contributed by atoms with E-state index in [0.29, 0.717) is 11.3 Å². The van der Waals surface area contributed by atoms with Crippen LogP contribution in [0.5, 0.6) is 0 Å². The number of nitrogens with zero attached hydrogens (tertiary/aromatic N) is 2. The Hall–Kier alpha value is -2.87. The van der Waals surface area contributed by atoms with Gasteiger partial charge in [0.15, 0.2) is 0 Å². The highest BCUT2D eigenvalue weighted by Gasteiger charge is 2.44. The van der Waals surface area contributed by atoms with Crippen LogP contribution in [0.2, 0.25) is 0 Å². The van der Waals surface area contributed by atoms with E-state index in [1.165, 1.54) is 4.57 Å². The molecule has 3 rings (SSSR count). The van der Waals surface area contributed by atoms with Gasteiger partial charge in [-0.1, -0.05) is 12.1 Å². The predicted octanol–water partition coefficient (Wildman–Crippen LogP) is 2.31. The maximum Gasteiger partial charge on any atom is 0.274 e. The van der Waals surface area contributed by atoms with Crippen LogP contribution in [0, 0.1) is 24.2 Å². The molecule has 1 fully saturated rings. The summed E-state index contributed by atoms with van der Waals surface area (Å²) < 4.78 is 1.45. The fourth-order valence-electron chi connectivity index (χ4n) is 2.75. The third-order valence-electron chi connectivity index (χ3n) is 4.32. The first kappa shape index (κ1) is 15.0. The highest BCUT2D eigenvalue weighted by molar-refractivity contribution is 5.95. The Balaban J connectivity index is 1.73. The molecule has 23 heavy (non-hydrogen) atoms. The molecule has 0 spiro atoms. The number of carbonyl (C=O) groups excluding carboxylic acids is 1. The number of nitriles is 1. The number of hydrogen-bond donors (Lipinski definition) is 1. The topological polar surface area (TPSA) is 74.9 Å². The SMILES string of the molecule is Cc1ccn(C)c(=O)c1NC(=O)C1CC1c1ccc(C#N)cc1. The van der Waals surface area contributed by atoms with Gasteiger partial charge in [-0.15, -0.1) is 0 Å². The largest absolute Gasteiger partial charge is 0.321 e. The van der Waals surface area contributed by atoms with Gasteiger partial charge in [0.25, 0.3) is 5.56 Å².